The first-order valence-electron chi connectivity index (χ1n) is 11.8. The number of carbonyl (C=O) groups is 1. The second-order valence-electron chi connectivity index (χ2n) is 8.48. The lowest BCUT2D eigenvalue weighted by atomic mass is 10.1. The van der Waals surface area contributed by atoms with Gasteiger partial charge in [-0.05, 0) is 43.2 Å². The minimum Gasteiger partial charge on any atom is -0.484 e. The zero-order valence-electron chi connectivity index (χ0n) is 20.4. The Labute approximate surface area is 210 Å². The van der Waals surface area contributed by atoms with Gasteiger partial charge in [0.15, 0.2) is 12.4 Å². The van der Waals surface area contributed by atoms with Crippen molar-refractivity contribution in [3.05, 3.63) is 71.6 Å². The van der Waals surface area contributed by atoms with Crippen molar-refractivity contribution in [3.8, 4) is 17.1 Å². The minimum atomic E-state index is -0.159. The number of anilines is 2. The summed E-state index contributed by atoms with van der Waals surface area (Å²) in [5.41, 5.74) is 10.4. The summed E-state index contributed by atoms with van der Waals surface area (Å²) in [6, 6.07) is 15.1. The van der Waals surface area contributed by atoms with Crippen LogP contribution in [0.1, 0.15) is 37.1 Å². The maximum atomic E-state index is 12.1. The average molecular weight is 487 g/mol. The number of hydrogen-bond acceptors (Lipinski definition) is 8. The molecule has 1 atom stereocenters. The number of nitrogens with one attached hydrogen (secondary N) is 3. The normalized spacial score (nSPS) is 13.6. The highest BCUT2D eigenvalue weighted by Gasteiger charge is 2.21. The number of ether oxygens (including phenoxy) is 2. The molecule has 2 heterocycles. The lowest BCUT2D eigenvalue weighted by Gasteiger charge is -2.14. The summed E-state index contributed by atoms with van der Waals surface area (Å²) in [6.07, 6.45) is 3.49. The second-order valence-corrected chi connectivity index (χ2v) is 8.48. The highest BCUT2D eigenvalue weighted by molar-refractivity contribution is 6.08. The topological polar surface area (TPSA) is 135 Å². The number of carbonyl (C=O) groups excluding carboxylic acids is 1. The van der Waals surface area contributed by atoms with E-state index in [1.54, 1.807) is 6.07 Å². The Bertz CT molecular complexity index is 1270. The van der Waals surface area contributed by atoms with Crippen LogP contribution in [0.3, 0.4) is 0 Å². The van der Waals surface area contributed by atoms with Gasteiger partial charge in [-0.25, -0.2) is 9.97 Å². The van der Waals surface area contributed by atoms with Crippen LogP contribution in [0.25, 0.3) is 17.0 Å². The largest absolute Gasteiger partial charge is 0.484 e. The lowest BCUT2D eigenvalue weighted by molar-refractivity contribution is -0.123. The van der Waals surface area contributed by atoms with Gasteiger partial charge in [0, 0.05) is 40.8 Å². The van der Waals surface area contributed by atoms with E-state index in [9.17, 15) is 4.79 Å². The maximum absolute atomic E-state index is 12.1. The quantitative estimate of drug-likeness (QED) is 0.316. The van der Waals surface area contributed by atoms with Gasteiger partial charge in [0.25, 0.3) is 5.91 Å². The Morgan fingerprint density at radius 2 is 2.03 bits per heavy atom. The van der Waals surface area contributed by atoms with E-state index in [0.717, 1.165) is 34.5 Å². The van der Waals surface area contributed by atoms with Crippen LogP contribution >= 0.6 is 0 Å². The van der Waals surface area contributed by atoms with Crippen molar-refractivity contribution in [1.82, 2.24) is 15.3 Å². The van der Waals surface area contributed by atoms with E-state index in [2.05, 4.69) is 10.6 Å². The molecule has 0 aliphatic carbocycles. The summed E-state index contributed by atoms with van der Waals surface area (Å²) in [5, 5.41) is 13.7. The molecular formula is C27H30N6O3. The first-order chi connectivity index (χ1) is 17.5. The van der Waals surface area contributed by atoms with Crippen LogP contribution in [0, 0.1) is 5.41 Å². The Morgan fingerprint density at radius 1 is 1.22 bits per heavy atom. The number of nitrogens with zero attached hydrogens (tertiary/aromatic N) is 2. The monoisotopic (exact) mass is 486 g/mol. The van der Waals surface area contributed by atoms with Crippen LogP contribution in [0.4, 0.5) is 11.5 Å². The van der Waals surface area contributed by atoms with Crippen LogP contribution in [0.5, 0.6) is 5.75 Å². The van der Waals surface area contributed by atoms with Gasteiger partial charge in [-0.2, -0.15) is 0 Å². The van der Waals surface area contributed by atoms with Gasteiger partial charge < -0.3 is 31.3 Å². The molecule has 1 aliphatic heterocycles. The van der Waals surface area contributed by atoms with Crippen molar-refractivity contribution in [2.45, 2.75) is 39.5 Å². The van der Waals surface area contributed by atoms with Gasteiger partial charge in [0.05, 0.1) is 18.9 Å². The Hall–Kier alpha value is -4.24. The molecule has 0 fully saturated rings. The highest BCUT2D eigenvalue weighted by Crippen LogP contribution is 2.31. The molecule has 0 spiro atoms. The van der Waals surface area contributed by atoms with Crippen LogP contribution < -0.4 is 21.1 Å². The summed E-state index contributed by atoms with van der Waals surface area (Å²) in [5.74, 6) is 1.60. The van der Waals surface area contributed by atoms with Crippen molar-refractivity contribution < 1.29 is 14.3 Å². The Balaban J connectivity index is 1.55. The summed E-state index contributed by atoms with van der Waals surface area (Å²) >= 11 is 0. The molecule has 0 saturated heterocycles. The van der Waals surface area contributed by atoms with E-state index in [1.807, 2.05) is 56.3 Å². The third-order valence-corrected chi connectivity index (χ3v) is 5.88. The standard InChI is InChI=1S/C27H30N6O3/c1-3-17(2)30-25(34)16-36-22-6-4-5-19(11-22)26-32-24-15-35-14-23(24)27(33-26)31-21-9-7-18(8-10-21)20(12-28)13-29/h4-13,17,28H,3,14-16,29H2,1-2H3,(H,30,34)(H,31,32,33)/b20-13+,28-12?. The molecule has 5 N–H and O–H groups in total. The van der Waals surface area contributed by atoms with E-state index in [4.69, 9.17) is 30.6 Å². The Morgan fingerprint density at radius 3 is 2.75 bits per heavy atom. The van der Waals surface area contributed by atoms with E-state index in [-0.39, 0.29) is 18.6 Å². The van der Waals surface area contributed by atoms with Crippen molar-refractivity contribution in [3.63, 3.8) is 0 Å². The zero-order chi connectivity index (χ0) is 25.5. The fraction of sp³-hybridized carbons (Fsp3) is 0.259. The number of allylic oxidation sites excluding steroid dienone is 1. The molecule has 9 nitrogen and oxygen atoms in total. The van der Waals surface area contributed by atoms with Gasteiger partial charge in [0.1, 0.15) is 11.6 Å². The maximum Gasteiger partial charge on any atom is 0.258 e. The number of fused-ring (bicyclic) bond motifs is 1. The van der Waals surface area contributed by atoms with Crippen molar-refractivity contribution in [1.29, 1.82) is 5.41 Å². The van der Waals surface area contributed by atoms with Crippen LogP contribution in [0.2, 0.25) is 0 Å². The van der Waals surface area contributed by atoms with Crippen LogP contribution in [-0.4, -0.2) is 34.7 Å². The molecule has 0 radical (unpaired) electrons. The fourth-order valence-electron chi connectivity index (χ4n) is 3.69. The van der Waals surface area contributed by atoms with Crippen LogP contribution in [-0.2, 0) is 22.7 Å². The van der Waals surface area contributed by atoms with Gasteiger partial charge >= 0.3 is 0 Å². The van der Waals surface area contributed by atoms with Gasteiger partial charge in [-0.1, -0.05) is 31.2 Å². The third kappa shape index (κ3) is 5.87. The van der Waals surface area contributed by atoms with E-state index < -0.39 is 0 Å². The van der Waals surface area contributed by atoms with Gasteiger partial charge in [-0.15, -0.1) is 0 Å². The summed E-state index contributed by atoms with van der Waals surface area (Å²) in [4.78, 5) is 21.6. The number of nitrogens with two attached hydrogens (primary N) is 1. The molecule has 0 saturated carbocycles. The lowest BCUT2D eigenvalue weighted by Crippen LogP contribution is -2.35. The predicted octanol–water partition coefficient (Wildman–Crippen LogP) is 4.16. The predicted molar refractivity (Wildman–Crippen MR) is 140 cm³/mol. The third-order valence-electron chi connectivity index (χ3n) is 5.88. The molecule has 1 unspecified atom stereocenters. The second kappa shape index (κ2) is 11.5. The fourth-order valence-corrected chi connectivity index (χ4v) is 3.69. The van der Waals surface area contributed by atoms with Crippen LogP contribution in [0.15, 0.2) is 54.7 Å². The Kier molecular flexibility index (Phi) is 7.92. The molecule has 36 heavy (non-hydrogen) atoms. The summed E-state index contributed by atoms with van der Waals surface area (Å²) < 4.78 is 11.3. The first-order valence-corrected chi connectivity index (χ1v) is 11.8. The minimum absolute atomic E-state index is 0.0610. The molecule has 2 aromatic carbocycles. The summed E-state index contributed by atoms with van der Waals surface area (Å²) in [6.45, 7) is 4.75. The van der Waals surface area contributed by atoms with Crippen molar-refractivity contribution >= 4 is 29.2 Å². The average Bonchev–Trinajstić information content (AvgIpc) is 3.38. The number of benzene rings is 2. The zero-order valence-corrected chi connectivity index (χ0v) is 20.4. The molecule has 1 aromatic heterocycles. The number of aromatic nitrogens is 2. The van der Waals surface area contributed by atoms with E-state index >= 15 is 0 Å². The molecule has 0 bridgehead atoms. The molecule has 1 aliphatic rings. The smallest absolute Gasteiger partial charge is 0.258 e. The first kappa shape index (κ1) is 24.9. The van der Waals surface area contributed by atoms with Gasteiger partial charge in [-0.3, -0.25) is 4.79 Å². The van der Waals surface area contributed by atoms with E-state index in [1.165, 1.54) is 12.4 Å². The molecule has 4 rings (SSSR count). The molecule has 3 aromatic rings. The number of hydrogen-bond donors (Lipinski definition) is 4. The number of rotatable bonds is 10. The molecule has 9 heteroatoms. The molecule has 1 amide bonds. The van der Waals surface area contributed by atoms with Gasteiger partial charge in [0.2, 0.25) is 0 Å². The van der Waals surface area contributed by atoms with Crippen molar-refractivity contribution in [2.24, 2.45) is 5.73 Å². The SMILES string of the molecule is CCC(C)NC(=O)COc1cccc(-c2nc3c(c(Nc4ccc(/C(C=N)=C/N)cc4)n2)COC3)c1. The number of amides is 1. The molecular weight excluding hydrogens is 456 g/mol. The highest BCUT2D eigenvalue weighted by atomic mass is 16.5. The summed E-state index contributed by atoms with van der Waals surface area (Å²) in [7, 11) is 0. The molecule has 186 valence electrons. The van der Waals surface area contributed by atoms with Crippen molar-refractivity contribution in [2.75, 3.05) is 11.9 Å². The van der Waals surface area contributed by atoms with E-state index in [0.29, 0.717) is 36.2 Å².